The van der Waals surface area contributed by atoms with Crippen molar-refractivity contribution in [2.24, 2.45) is 0 Å². The summed E-state index contributed by atoms with van der Waals surface area (Å²) in [5.74, 6) is -1.53. The highest BCUT2D eigenvalue weighted by molar-refractivity contribution is 7.89. The first-order valence-electron chi connectivity index (χ1n) is 7.09. The number of nitrogens with zero attached hydrogens (tertiary/aromatic N) is 1. The summed E-state index contributed by atoms with van der Waals surface area (Å²) in [4.78, 5) is 10.2. The molecule has 0 saturated heterocycles. The largest absolute Gasteiger partial charge is 0.373 e. The minimum atomic E-state index is -3.85. The van der Waals surface area contributed by atoms with Crippen LogP contribution in [0.25, 0.3) is 0 Å². The fraction of sp³-hybridized carbons (Fsp3) is 0.200. The molecule has 0 aliphatic rings. The maximum Gasteiger partial charge on any atom is 0.293 e. The van der Waals surface area contributed by atoms with Crippen LogP contribution in [0.3, 0.4) is 0 Å². The predicted octanol–water partition coefficient (Wildman–Crippen LogP) is 2.95. The Hall–Kier alpha value is -2.59. The Morgan fingerprint density at radius 2 is 1.84 bits per heavy atom. The van der Waals surface area contributed by atoms with Crippen LogP contribution in [0.2, 0.25) is 0 Å². The Morgan fingerprint density at radius 3 is 2.40 bits per heavy atom. The standard InChI is InChI=1S/C15H15F2N3O4S/c1-9(12-5-3-10(16)7-13(12)17)19-14-6-4-11(25(23,24)18-2)8-15(14)20(21)22/h3-9,18-19H,1-2H3/t9-/m1/s1. The summed E-state index contributed by atoms with van der Waals surface area (Å²) >= 11 is 0. The number of nitro groups is 1. The van der Waals surface area contributed by atoms with Gasteiger partial charge >= 0.3 is 0 Å². The molecule has 1 atom stereocenters. The van der Waals surface area contributed by atoms with Gasteiger partial charge in [0.15, 0.2) is 0 Å². The lowest BCUT2D eigenvalue weighted by molar-refractivity contribution is -0.384. The number of anilines is 1. The van der Waals surface area contributed by atoms with Gasteiger partial charge in [-0.3, -0.25) is 10.1 Å². The van der Waals surface area contributed by atoms with E-state index in [1.165, 1.54) is 32.2 Å². The number of rotatable bonds is 6. The minimum Gasteiger partial charge on any atom is -0.373 e. The van der Waals surface area contributed by atoms with E-state index in [4.69, 9.17) is 0 Å². The van der Waals surface area contributed by atoms with Crippen molar-refractivity contribution >= 4 is 21.4 Å². The fourth-order valence-corrected chi connectivity index (χ4v) is 2.98. The molecule has 134 valence electrons. The van der Waals surface area contributed by atoms with Crippen LogP contribution in [0.5, 0.6) is 0 Å². The molecule has 2 aromatic rings. The van der Waals surface area contributed by atoms with E-state index in [-0.39, 0.29) is 16.1 Å². The van der Waals surface area contributed by atoms with E-state index in [1.54, 1.807) is 0 Å². The van der Waals surface area contributed by atoms with E-state index in [2.05, 4.69) is 10.0 Å². The predicted molar refractivity (Wildman–Crippen MR) is 87.7 cm³/mol. The van der Waals surface area contributed by atoms with E-state index in [1.807, 2.05) is 0 Å². The van der Waals surface area contributed by atoms with Crippen molar-refractivity contribution < 1.29 is 22.1 Å². The van der Waals surface area contributed by atoms with Gasteiger partial charge in [0.1, 0.15) is 17.3 Å². The van der Waals surface area contributed by atoms with Gasteiger partial charge in [0.2, 0.25) is 10.0 Å². The van der Waals surface area contributed by atoms with Crippen molar-refractivity contribution in [3.63, 3.8) is 0 Å². The molecule has 10 heteroatoms. The molecular formula is C15H15F2N3O4S. The van der Waals surface area contributed by atoms with E-state index in [0.717, 1.165) is 12.1 Å². The summed E-state index contributed by atoms with van der Waals surface area (Å²) < 4.78 is 52.4. The molecule has 25 heavy (non-hydrogen) atoms. The minimum absolute atomic E-state index is 0.0104. The summed E-state index contributed by atoms with van der Waals surface area (Å²) in [5.41, 5.74) is -0.357. The molecule has 0 spiro atoms. The van der Waals surface area contributed by atoms with E-state index >= 15 is 0 Å². The van der Waals surface area contributed by atoms with Crippen molar-refractivity contribution in [3.8, 4) is 0 Å². The average molecular weight is 371 g/mol. The van der Waals surface area contributed by atoms with Gasteiger partial charge in [0.05, 0.1) is 15.9 Å². The van der Waals surface area contributed by atoms with Crippen molar-refractivity contribution in [2.45, 2.75) is 17.9 Å². The SMILES string of the molecule is CNS(=O)(=O)c1ccc(N[C@H](C)c2ccc(F)cc2F)c([N+](=O)[O-])c1. The Labute approximate surface area is 142 Å². The lowest BCUT2D eigenvalue weighted by Crippen LogP contribution is -2.19. The Morgan fingerprint density at radius 1 is 1.16 bits per heavy atom. The third-order valence-corrected chi connectivity index (χ3v) is 4.96. The first-order valence-corrected chi connectivity index (χ1v) is 8.57. The maximum absolute atomic E-state index is 13.8. The Kier molecular flexibility index (Phi) is 5.33. The number of hydrogen-bond acceptors (Lipinski definition) is 5. The molecule has 0 unspecified atom stereocenters. The molecule has 0 aliphatic carbocycles. The summed E-state index contributed by atoms with van der Waals surface area (Å²) in [7, 11) is -2.66. The summed E-state index contributed by atoms with van der Waals surface area (Å²) in [6.45, 7) is 1.54. The normalized spacial score (nSPS) is 12.6. The molecule has 0 fully saturated rings. The van der Waals surface area contributed by atoms with Gasteiger partial charge in [-0.2, -0.15) is 0 Å². The highest BCUT2D eigenvalue weighted by Gasteiger charge is 2.22. The van der Waals surface area contributed by atoms with Gasteiger partial charge in [-0.25, -0.2) is 21.9 Å². The summed E-state index contributed by atoms with van der Waals surface area (Å²) in [6, 6.07) is 5.62. The molecular weight excluding hydrogens is 356 g/mol. The zero-order valence-corrected chi connectivity index (χ0v) is 14.1. The molecule has 0 aromatic heterocycles. The molecule has 0 amide bonds. The molecule has 0 bridgehead atoms. The molecule has 7 nitrogen and oxygen atoms in total. The highest BCUT2D eigenvalue weighted by atomic mass is 32.2. The summed E-state index contributed by atoms with van der Waals surface area (Å²) in [6.07, 6.45) is 0. The van der Waals surface area contributed by atoms with Crippen molar-refractivity contribution in [3.05, 3.63) is 63.7 Å². The fourth-order valence-electron chi connectivity index (χ4n) is 2.23. The van der Waals surface area contributed by atoms with Crippen LogP contribution in [-0.2, 0) is 10.0 Å². The number of nitro benzene ring substituents is 1. The number of nitrogens with one attached hydrogen (secondary N) is 2. The summed E-state index contributed by atoms with van der Waals surface area (Å²) in [5, 5.41) is 14.0. The van der Waals surface area contributed by atoms with E-state index < -0.39 is 38.3 Å². The Balaban J connectivity index is 2.40. The zero-order valence-electron chi connectivity index (χ0n) is 13.3. The first kappa shape index (κ1) is 18.7. The van der Waals surface area contributed by atoms with Gasteiger partial charge < -0.3 is 5.32 Å². The highest BCUT2D eigenvalue weighted by Crippen LogP contribution is 2.31. The van der Waals surface area contributed by atoms with Gasteiger partial charge in [-0.15, -0.1) is 0 Å². The molecule has 0 aliphatic heterocycles. The van der Waals surface area contributed by atoms with Gasteiger partial charge in [0.25, 0.3) is 5.69 Å². The molecule has 0 heterocycles. The van der Waals surface area contributed by atoms with Gasteiger partial charge in [0, 0.05) is 17.7 Å². The number of halogens is 2. The smallest absolute Gasteiger partial charge is 0.293 e. The number of benzene rings is 2. The lowest BCUT2D eigenvalue weighted by Gasteiger charge is -2.17. The topological polar surface area (TPSA) is 101 Å². The Bertz CT molecular complexity index is 919. The van der Waals surface area contributed by atoms with Crippen molar-refractivity contribution in [1.29, 1.82) is 0 Å². The molecule has 0 saturated carbocycles. The van der Waals surface area contributed by atoms with Gasteiger partial charge in [-0.1, -0.05) is 6.07 Å². The molecule has 2 aromatic carbocycles. The second kappa shape index (κ2) is 7.11. The second-order valence-electron chi connectivity index (χ2n) is 5.18. The second-order valence-corrected chi connectivity index (χ2v) is 7.06. The molecule has 0 radical (unpaired) electrons. The third-order valence-electron chi connectivity index (χ3n) is 3.55. The van der Waals surface area contributed by atoms with Crippen molar-refractivity contribution in [2.75, 3.05) is 12.4 Å². The van der Waals surface area contributed by atoms with E-state index in [0.29, 0.717) is 6.07 Å². The zero-order chi connectivity index (χ0) is 18.8. The van der Waals surface area contributed by atoms with Crippen LogP contribution in [0, 0.1) is 21.7 Å². The van der Waals surface area contributed by atoms with Crippen LogP contribution in [-0.4, -0.2) is 20.4 Å². The van der Waals surface area contributed by atoms with Crippen LogP contribution in [0.4, 0.5) is 20.2 Å². The van der Waals surface area contributed by atoms with Crippen molar-refractivity contribution in [1.82, 2.24) is 4.72 Å². The third kappa shape index (κ3) is 4.09. The van der Waals surface area contributed by atoms with Crippen LogP contribution < -0.4 is 10.0 Å². The number of hydrogen-bond donors (Lipinski definition) is 2. The average Bonchev–Trinajstić information content (AvgIpc) is 2.54. The van der Waals surface area contributed by atoms with Crippen LogP contribution >= 0.6 is 0 Å². The van der Waals surface area contributed by atoms with Crippen LogP contribution in [0.15, 0.2) is 41.3 Å². The van der Waals surface area contributed by atoms with Crippen LogP contribution in [0.1, 0.15) is 18.5 Å². The van der Waals surface area contributed by atoms with E-state index in [9.17, 15) is 27.3 Å². The molecule has 2 rings (SSSR count). The maximum atomic E-state index is 13.8. The quantitative estimate of drug-likeness (QED) is 0.600. The molecule has 2 N–H and O–H groups in total. The lowest BCUT2D eigenvalue weighted by atomic mass is 10.1. The number of sulfonamides is 1. The first-order chi connectivity index (χ1) is 11.7. The monoisotopic (exact) mass is 371 g/mol. The van der Waals surface area contributed by atoms with Gasteiger partial charge in [-0.05, 0) is 32.2 Å².